The second-order valence-corrected chi connectivity index (χ2v) is 6.52. The molecule has 3 heterocycles. The average Bonchev–Trinajstić information content (AvgIpc) is 3.28. The van der Waals surface area contributed by atoms with E-state index in [-0.39, 0.29) is 17.0 Å². The maximum absolute atomic E-state index is 11.6. The zero-order valence-corrected chi connectivity index (χ0v) is 14.9. The number of benzene rings is 1. The van der Waals surface area contributed by atoms with Gasteiger partial charge in [-0.3, -0.25) is 14.7 Å². The van der Waals surface area contributed by atoms with Crippen LogP contribution in [0.25, 0.3) is 11.2 Å². The van der Waals surface area contributed by atoms with Crippen LogP contribution in [-0.4, -0.2) is 64.7 Å². The first kappa shape index (κ1) is 19.1. The first-order valence-corrected chi connectivity index (χ1v) is 8.76. The Morgan fingerprint density at radius 2 is 1.97 bits per heavy atom. The number of hydrogen-bond donors (Lipinski definition) is 4. The molecule has 1 saturated heterocycles. The molecule has 0 radical (unpaired) electrons. The standard InChI is InChI=1S/C17H18N6O6/c24-6-10-12(25)13(26)17(29-10)22-8-20-11-14(18-7-19-16(11)22)21-15(23(27)28)9-4-2-1-3-5-9/h1-5,7-8,10,12-13,15,17,24-26H,6H2,(H,18,19,21)/t10-,12-,13-,15?,17-/m1/s1. The van der Waals surface area contributed by atoms with Crippen LogP contribution in [-0.2, 0) is 4.74 Å². The van der Waals surface area contributed by atoms with E-state index in [4.69, 9.17) is 4.74 Å². The van der Waals surface area contributed by atoms with Crippen LogP contribution in [0.2, 0.25) is 0 Å². The van der Waals surface area contributed by atoms with Gasteiger partial charge >= 0.3 is 6.17 Å². The van der Waals surface area contributed by atoms with Crippen LogP contribution in [0.1, 0.15) is 18.0 Å². The lowest BCUT2D eigenvalue weighted by Crippen LogP contribution is -2.33. The zero-order chi connectivity index (χ0) is 20.5. The van der Waals surface area contributed by atoms with E-state index in [2.05, 4.69) is 20.3 Å². The number of aliphatic hydroxyl groups is 3. The third kappa shape index (κ3) is 3.38. The molecule has 1 aliphatic heterocycles. The molecule has 0 bridgehead atoms. The van der Waals surface area contributed by atoms with Gasteiger partial charge in [0.05, 0.1) is 17.9 Å². The molecule has 0 saturated carbocycles. The van der Waals surface area contributed by atoms with E-state index < -0.39 is 42.2 Å². The monoisotopic (exact) mass is 402 g/mol. The Morgan fingerprint density at radius 1 is 1.21 bits per heavy atom. The van der Waals surface area contributed by atoms with Crippen LogP contribution in [0.15, 0.2) is 43.0 Å². The van der Waals surface area contributed by atoms with Gasteiger partial charge in [-0.25, -0.2) is 15.0 Å². The summed E-state index contributed by atoms with van der Waals surface area (Å²) in [4.78, 5) is 23.5. The van der Waals surface area contributed by atoms with Gasteiger partial charge in [-0.1, -0.05) is 30.3 Å². The summed E-state index contributed by atoms with van der Waals surface area (Å²) in [6, 6.07) is 8.39. The topological polar surface area (TPSA) is 169 Å². The minimum atomic E-state index is -1.31. The number of fused-ring (bicyclic) bond motifs is 1. The van der Waals surface area contributed by atoms with Gasteiger partial charge in [0.2, 0.25) is 0 Å². The highest BCUT2D eigenvalue weighted by atomic mass is 16.6. The minimum Gasteiger partial charge on any atom is -0.394 e. The van der Waals surface area contributed by atoms with Crippen molar-refractivity contribution in [3.63, 3.8) is 0 Å². The number of nitrogens with zero attached hydrogens (tertiary/aromatic N) is 5. The summed E-state index contributed by atoms with van der Waals surface area (Å²) in [5.74, 6) is 0.131. The molecule has 12 heteroatoms. The molecule has 4 N–H and O–H groups in total. The molecule has 152 valence electrons. The molecule has 29 heavy (non-hydrogen) atoms. The predicted molar refractivity (Wildman–Crippen MR) is 98.1 cm³/mol. The van der Waals surface area contributed by atoms with E-state index in [1.807, 2.05) is 0 Å². The second kappa shape index (κ2) is 7.67. The molecular weight excluding hydrogens is 384 g/mol. The van der Waals surface area contributed by atoms with Crippen LogP contribution >= 0.6 is 0 Å². The number of hydrogen-bond acceptors (Lipinski definition) is 10. The summed E-state index contributed by atoms with van der Waals surface area (Å²) < 4.78 is 6.88. The lowest BCUT2D eigenvalue weighted by Gasteiger charge is -2.16. The third-order valence-corrected chi connectivity index (χ3v) is 4.75. The molecule has 1 aliphatic rings. The summed E-state index contributed by atoms with van der Waals surface area (Å²) in [6.07, 6.45) is -3.31. The van der Waals surface area contributed by atoms with Crippen LogP contribution in [0.5, 0.6) is 0 Å². The van der Waals surface area contributed by atoms with Gasteiger partial charge in [0, 0.05) is 5.56 Å². The van der Waals surface area contributed by atoms with Crippen LogP contribution < -0.4 is 5.32 Å². The van der Waals surface area contributed by atoms with E-state index in [9.17, 15) is 25.4 Å². The molecule has 1 aromatic carbocycles. The normalized spacial score (nSPS) is 25.2. The van der Waals surface area contributed by atoms with Crippen molar-refractivity contribution in [1.82, 2.24) is 19.5 Å². The Morgan fingerprint density at radius 3 is 2.62 bits per heavy atom. The smallest absolute Gasteiger partial charge is 0.311 e. The summed E-state index contributed by atoms with van der Waals surface area (Å²) in [5, 5.41) is 43.8. The molecule has 4 rings (SSSR count). The molecule has 3 aromatic rings. The molecule has 0 aliphatic carbocycles. The Hall–Kier alpha value is -3.19. The molecule has 5 atom stereocenters. The van der Waals surface area contributed by atoms with E-state index in [0.717, 1.165) is 0 Å². The van der Waals surface area contributed by atoms with Crippen molar-refractivity contribution in [3.8, 4) is 0 Å². The highest BCUT2D eigenvalue weighted by molar-refractivity contribution is 5.82. The molecule has 2 aromatic heterocycles. The van der Waals surface area contributed by atoms with Crippen LogP contribution in [0.3, 0.4) is 0 Å². The Labute approximate surface area is 163 Å². The van der Waals surface area contributed by atoms with Gasteiger partial charge in [-0.2, -0.15) is 0 Å². The van der Waals surface area contributed by atoms with Gasteiger partial charge < -0.3 is 25.4 Å². The molecule has 0 spiro atoms. The summed E-state index contributed by atoms with van der Waals surface area (Å²) in [6.45, 7) is -0.468. The van der Waals surface area contributed by atoms with Crippen LogP contribution in [0.4, 0.5) is 5.82 Å². The van der Waals surface area contributed by atoms with Gasteiger partial charge in [-0.05, 0) is 0 Å². The van der Waals surface area contributed by atoms with Gasteiger partial charge in [-0.15, -0.1) is 0 Å². The second-order valence-electron chi connectivity index (χ2n) is 6.52. The number of anilines is 1. The van der Waals surface area contributed by atoms with Crippen molar-refractivity contribution in [2.45, 2.75) is 30.7 Å². The number of aromatic nitrogens is 4. The fraction of sp³-hybridized carbons (Fsp3) is 0.353. The van der Waals surface area contributed by atoms with Crippen molar-refractivity contribution >= 4 is 17.0 Å². The first-order chi connectivity index (χ1) is 14.0. The predicted octanol–water partition coefficient (Wildman–Crippen LogP) is -0.175. The van der Waals surface area contributed by atoms with Gasteiger partial charge in [0.1, 0.15) is 24.6 Å². The SMILES string of the molecule is O=[N+]([O-])C(Nc1ncnc2c1ncn2[C@@H]1O[C@H](CO)[C@@H](O)[C@H]1O)c1ccccc1. The van der Waals surface area contributed by atoms with Crippen molar-refractivity contribution in [3.05, 3.63) is 58.7 Å². The van der Waals surface area contributed by atoms with E-state index in [1.54, 1.807) is 30.3 Å². The Bertz CT molecular complexity index is 1010. The van der Waals surface area contributed by atoms with Crippen molar-refractivity contribution < 1.29 is 25.0 Å². The van der Waals surface area contributed by atoms with E-state index in [1.165, 1.54) is 17.2 Å². The Balaban J connectivity index is 1.69. The third-order valence-electron chi connectivity index (χ3n) is 4.75. The fourth-order valence-electron chi connectivity index (χ4n) is 3.28. The largest absolute Gasteiger partial charge is 0.394 e. The number of ether oxygens (including phenoxy) is 1. The number of nitro groups is 1. The zero-order valence-electron chi connectivity index (χ0n) is 14.9. The van der Waals surface area contributed by atoms with Crippen molar-refractivity contribution in [1.29, 1.82) is 0 Å². The quantitative estimate of drug-likeness (QED) is 0.247. The highest BCUT2D eigenvalue weighted by Gasteiger charge is 2.44. The fourth-order valence-corrected chi connectivity index (χ4v) is 3.28. The summed E-state index contributed by atoms with van der Waals surface area (Å²) >= 11 is 0. The lowest BCUT2D eigenvalue weighted by molar-refractivity contribution is -0.521. The first-order valence-electron chi connectivity index (χ1n) is 8.76. The minimum absolute atomic E-state index is 0.131. The van der Waals surface area contributed by atoms with Crippen molar-refractivity contribution in [2.75, 3.05) is 11.9 Å². The molecule has 12 nitrogen and oxygen atoms in total. The van der Waals surface area contributed by atoms with E-state index >= 15 is 0 Å². The van der Waals surface area contributed by atoms with Gasteiger partial charge in [0.25, 0.3) is 0 Å². The maximum Gasteiger partial charge on any atom is 0.311 e. The highest BCUT2D eigenvalue weighted by Crippen LogP contribution is 2.32. The summed E-state index contributed by atoms with van der Waals surface area (Å²) in [5.41, 5.74) is 0.910. The number of imidazole rings is 1. The molecule has 0 amide bonds. The molecule has 1 unspecified atom stereocenters. The number of nitrogens with one attached hydrogen (secondary N) is 1. The van der Waals surface area contributed by atoms with E-state index in [0.29, 0.717) is 5.56 Å². The number of aliphatic hydroxyl groups excluding tert-OH is 3. The maximum atomic E-state index is 11.6. The molecule has 1 fully saturated rings. The number of rotatable bonds is 6. The lowest BCUT2D eigenvalue weighted by atomic mass is 10.1. The van der Waals surface area contributed by atoms with Crippen molar-refractivity contribution in [2.24, 2.45) is 0 Å². The Kier molecular flexibility index (Phi) is 5.07. The van der Waals surface area contributed by atoms with Crippen LogP contribution in [0, 0.1) is 10.1 Å². The summed E-state index contributed by atoms with van der Waals surface area (Å²) in [7, 11) is 0. The molecular formula is C17H18N6O6. The van der Waals surface area contributed by atoms with Gasteiger partial charge in [0.15, 0.2) is 23.2 Å². The average molecular weight is 402 g/mol.